The number of β-amino-alcohol motifs (C(OH)–C–C–N with tert-alkyl or cyclic N) is 1. The number of unbranched alkanes of at least 4 members (excludes halogenated alkanes) is 2. The standard InChI is InChI=1S/C12H28N.C6H14N2O.C6H15NO.C5H13NO2.C5H12O2.C4H12N2O.H2O/c1-5-9-13(10-6-2,11-7-3)12-8-4;9-6-5-8-3-1-7-2-4-8;1-3-6(7,4-2)5-8;6-5(1-3-7)2-4-8;6-4-2-1-3-5-7;5-1-2-6-3-4-7;/h5-12H2,1-4H3;7,9H,1-6H2;8H,3-5,7H2,1-2H3;5,7-8H,1-4,6H2;2*6-7H,1-5H2;1H2/q+1;;;;;;/p-1. The van der Waals surface area contributed by atoms with Crippen molar-refractivity contribution in [3.05, 3.63) is 0 Å². The van der Waals surface area contributed by atoms with Crippen LogP contribution in [-0.4, -0.2) is 187 Å². The fourth-order valence-corrected chi connectivity index (χ4v) is 5.30. The molecule has 1 rings (SSSR count). The summed E-state index contributed by atoms with van der Waals surface area (Å²) in [6, 6.07) is -0.0370. The van der Waals surface area contributed by atoms with Crippen LogP contribution in [0.25, 0.3) is 0 Å². The van der Waals surface area contributed by atoms with Crippen LogP contribution in [0.5, 0.6) is 0 Å². The second-order valence-corrected chi connectivity index (χ2v) is 13.3. The Morgan fingerprint density at radius 2 is 1.09 bits per heavy atom. The number of aliphatic hydroxyl groups excluding tert-OH is 7. The van der Waals surface area contributed by atoms with Crippen LogP contribution in [0.15, 0.2) is 0 Å². The minimum absolute atomic E-state index is 0. The minimum Gasteiger partial charge on any atom is -0.870 e. The van der Waals surface area contributed by atoms with Gasteiger partial charge in [0.2, 0.25) is 0 Å². The molecule has 0 aromatic carbocycles. The van der Waals surface area contributed by atoms with Gasteiger partial charge in [-0.2, -0.15) is 0 Å². The number of rotatable bonds is 25. The molecule has 1 aliphatic heterocycles. The van der Waals surface area contributed by atoms with Gasteiger partial charge in [-0.05, 0) is 70.6 Å². The van der Waals surface area contributed by atoms with Gasteiger partial charge in [-0.1, -0.05) is 41.5 Å². The molecule has 330 valence electrons. The van der Waals surface area contributed by atoms with Crippen LogP contribution in [0.3, 0.4) is 0 Å². The highest BCUT2D eigenvalue weighted by molar-refractivity contribution is 4.78. The van der Waals surface area contributed by atoms with E-state index in [1.54, 1.807) is 0 Å². The third-order valence-corrected chi connectivity index (χ3v) is 8.57. The molecule has 0 amide bonds. The zero-order chi connectivity index (χ0) is 40.8. The molecule has 15 nitrogen and oxygen atoms in total. The highest BCUT2D eigenvalue weighted by Crippen LogP contribution is 2.12. The molecule has 0 aromatic heterocycles. The molecule has 0 saturated carbocycles. The van der Waals surface area contributed by atoms with Crippen molar-refractivity contribution in [2.45, 2.75) is 124 Å². The van der Waals surface area contributed by atoms with Gasteiger partial charge in [0.05, 0.1) is 46.0 Å². The largest absolute Gasteiger partial charge is 0.870 e. The number of nitrogens with one attached hydrogen (secondary N) is 2. The topological polar surface area (TPSA) is 277 Å². The van der Waals surface area contributed by atoms with Gasteiger partial charge in [0.1, 0.15) is 0 Å². The van der Waals surface area contributed by atoms with Crippen molar-refractivity contribution in [1.29, 1.82) is 0 Å². The Morgan fingerprint density at radius 1 is 0.660 bits per heavy atom. The normalized spacial score (nSPS) is 12.6. The molecule has 0 unspecified atom stereocenters. The second kappa shape index (κ2) is 53.5. The summed E-state index contributed by atoms with van der Waals surface area (Å²) >= 11 is 0. The van der Waals surface area contributed by atoms with Crippen LogP contribution >= 0.6 is 0 Å². The number of hydrogen-bond acceptors (Lipinski definition) is 14. The number of quaternary nitrogens is 1. The molecule has 53 heavy (non-hydrogen) atoms. The number of aliphatic hydroxyl groups is 7. The zero-order valence-electron chi connectivity index (χ0n) is 35.5. The Labute approximate surface area is 326 Å². The Kier molecular flexibility index (Phi) is 64.9. The van der Waals surface area contributed by atoms with E-state index in [1.165, 1.54) is 56.3 Å². The van der Waals surface area contributed by atoms with Gasteiger partial charge < -0.3 is 73.5 Å². The molecular weight excluding hydrogens is 682 g/mol. The van der Waals surface area contributed by atoms with Crippen LogP contribution in [-0.2, 0) is 0 Å². The van der Waals surface area contributed by atoms with E-state index in [-0.39, 0.29) is 56.7 Å². The Balaban J connectivity index is -0.000000126. The van der Waals surface area contributed by atoms with Crippen molar-refractivity contribution in [3.63, 3.8) is 0 Å². The van der Waals surface area contributed by atoms with E-state index >= 15 is 0 Å². The molecule has 0 bridgehead atoms. The number of nitrogens with two attached hydrogens (primary N) is 3. The zero-order valence-corrected chi connectivity index (χ0v) is 35.5. The first-order chi connectivity index (χ1) is 25.0. The second-order valence-electron chi connectivity index (χ2n) is 13.3. The third-order valence-electron chi connectivity index (χ3n) is 8.57. The molecular formula is C38H95N7O8. The van der Waals surface area contributed by atoms with Crippen LogP contribution in [0.2, 0.25) is 0 Å². The van der Waals surface area contributed by atoms with Gasteiger partial charge >= 0.3 is 0 Å². The number of nitrogens with zero attached hydrogens (tertiary/aromatic N) is 2. The monoisotopic (exact) mass is 778 g/mol. The Hall–Kier alpha value is -0.600. The van der Waals surface area contributed by atoms with E-state index in [2.05, 4.69) is 43.2 Å². The molecule has 1 fully saturated rings. The lowest BCUT2D eigenvalue weighted by Crippen LogP contribution is -2.50. The van der Waals surface area contributed by atoms with E-state index in [4.69, 9.17) is 52.9 Å². The van der Waals surface area contributed by atoms with Crippen molar-refractivity contribution < 1.29 is 45.7 Å². The van der Waals surface area contributed by atoms with E-state index in [0.717, 1.165) is 71.4 Å². The van der Waals surface area contributed by atoms with Crippen LogP contribution < -0.4 is 27.8 Å². The summed E-state index contributed by atoms with van der Waals surface area (Å²) in [5, 5.41) is 64.6. The van der Waals surface area contributed by atoms with Gasteiger partial charge in [-0.3, -0.25) is 4.90 Å². The summed E-state index contributed by atoms with van der Waals surface area (Å²) in [5.41, 5.74) is 15.8. The first kappa shape index (κ1) is 64.3. The Morgan fingerprint density at radius 3 is 1.36 bits per heavy atom. The van der Waals surface area contributed by atoms with Crippen molar-refractivity contribution in [2.75, 3.05) is 125 Å². The lowest BCUT2D eigenvalue weighted by molar-refractivity contribution is -0.928. The smallest absolute Gasteiger partial charge is 0.0783 e. The first-order valence-corrected chi connectivity index (χ1v) is 20.5. The Bertz CT molecular complexity index is 546. The summed E-state index contributed by atoms with van der Waals surface area (Å²) in [4.78, 5) is 2.26. The van der Waals surface area contributed by atoms with Crippen LogP contribution in [0.1, 0.15) is 112 Å². The number of hydrogen-bond donors (Lipinski definition) is 12. The third kappa shape index (κ3) is 51.4. The predicted molar refractivity (Wildman–Crippen MR) is 222 cm³/mol. The maximum absolute atomic E-state index is 8.66. The summed E-state index contributed by atoms with van der Waals surface area (Å²) in [5.74, 6) is 0. The first-order valence-electron chi connectivity index (χ1n) is 20.5. The number of piperazine rings is 1. The summed E-state index contributed by atoms with van der Waals surface area (Å²) in [6.45, 7) is 27.3. The van der Waals surface area contributed by atoms with E-state index in [0.29, 0.717) is 32.5 Å². The molecule has 1 saturated heterocycles. The van der Waals surface area contributed by atoms with Crippen molar-refractivity contribution in [2.24, 2.45) is 17.2 Å². The fourth-order valence-electron chi connectivity index (χ4n) is 5.30. The van der Waals surface area contributed by atoms with E-state index in [1.807, 2.05) is 13.8 Å². The molecule has 0 aliphatic carbocycles. The molecule has 15 heteroatoms. The van der Waals surface area contributed by atoms with Gasteiger partial charge in [0, 0.05) is 90.4 Å². The molecule has 0 radical (unpaired) electrons. The average molecular weight is 778 g/mol. The summed E-state index contributed by atoms with van der Waals surface area (Å²) < 4.78 is 1.38. The van der Waals surface area contributed by atoms with Crippen molar-refractivity contribution in [1.82, 2.24) is 15.5 Å². The molecule has 0 atom stereocenters. The quantitative estimate of drug-likeness (QED) is 0.0442. The maximum atomic E-state index is 8.66. The van der Waals surface area contributed by atoms with Crippen molar-refractivity contribution in [3.8, 4) is 0 Å². The molecule has 0 aromatic rings. The SMILES string of the molecule is CCC(N)(CC)CO.CCC[N+](CCC)(CCC)CCC.NC(CCO)CCO.NCCNCCO.OCCCCCO.OCCN1CCNCC1.[OH-]. The highest BCUT2D eigenvalue weighted by Gasteiger charge is 2.22. The lowest BCUT2D eigenvalue weighted by atomic mass is 9.96. The average Bonchev–Trinajstić information content (AvgIpc) is 3.14. The van der Waals surface area contributed by atoms with Crippen LogP contribution in [0.4, 0.5) is 0 Å². The van der Waals surface area contributed by atoms with Gasteiger partial charge in [-0.15, -0.1) is 0 Å². The van der Waals surface area contributed by atoms with E-state index in [9.17, 15) is 0 Å². The highest BCUT2D eigenvalue weighted by atomic mass is 16.3. The van der Waals surface area contributed by atoms with E-state index < -0.39 is 0 Å². The fraction of sp³-hybridized carbons (Fsp3) is 1.00. The lowest BCUT2D eigenvalue weighted by Gasteiger charge is -2.38. The molecule has 16 N–H and O–H groups in total. The molecule has 0 spiro atoms. The van der Waals surface area contributed by atoms with Gasteiger partial charge in [0.15, 0.2) is 0 Å². The van der Waals surface area contributed by atoms with Crippen molar-refractivity contribution >= 4 is 0 Å². The predicted octanol–water partition coefficient (Wildman–Crippen LogP) is 0.393. The maximum Gasteiger partial charge on any atom is 0.0783 e. The minimum atomic E-state index is -0.319. The van der Waals surface area contributed by atoms with Gasteiger partial charge in [-0.25, -0.2) is 0 Å². The molecule has 1 heterocycles. The summed E-state index contributed by atoms with van der Waals surface area (Å²) in [6.07, 6.45) is 10.8. The van der Waals surface area contributed by atoms with Crippen LogP contribution in [0, 0.1) is 0 Å². The summed E-state index contributed by atoms with van der Waals surface area (Å²) in [7, 11) is 0. The molecule has 1 aliphatic rings. The van der Waals surface area contributed by atoms with Gasteiger partial charge in [0.25, 0.3) is 0 Å².